The molecule has 0 amide bonds. The Hall–Kier alpha value is -0.410. The minimum absolute atomic E-state index is 0.0323. The predicted molar refractivity (Wildman–Crippen MR) is 61.4 cm³/mol. The molecule has 0 aromatic heterocycles. The van der Waals surface area contributed by atoms with E-state index < -0.39 is 0 Å². The standard InChI is InChI=1S/C13H22O3/c1-15-10-12(14)11-5-8-16-13(9-11)6-3-2-4-7-13/h11H,2-10H2,1H3. The van der Waals surface area contributed by atoms with Crippen molar-refractivity contribution in [3.63, 3.8) is 0 Å². The molecule has 16 heavy (non-hydrogen) atoms. The Bertz CT molecular complexity index is 238. The van der Waals surface area contributed by atoms with E-state index in [9.17, 15) is 4.79 Å². The molecule has 0 N–H and O–H groups in total. The van der Waals surface area contributed by atoms with Crippen LogP contribution < -0.4 is 0 Å². The van der Waals surface area contributed by atoms with Crippen LogP contribution in [0.2, 0.25) is 0 Å². The third-order valence-corrected chi connectivity index (χ3v) is 4.00. The number of carbonyl (C=O) groups excluding carboxylic acids is 1. The molecule has 3 heteroatoms. The molecule has 92 valence electrons. The van der Waals surface area contributed by atoms with E-state index in [1.54, 1.807) is 7.11 Å². The molecule has 2 rings (SSSR count). The van der Waals surface area contributed by atoms with Crippen LogP contribution in [-0.2, 0) is 14.3 Å². The fraction of sp³-hybridized carbons (Fsp3) is 0.923. The molecule has 1 atom stereocenters. The van der Waals surface area contributed by atoms with Crippen molar-refractivity contribution in [1.82, 2.24) is 0 Å². The van der Waals surface area contributed by atoms with Crippen molar-refractivity contribution in [3.05, 3.63) is 0 Å². The molecule has 1 saturated carbocycles. The summed E-state index contributed by atoms with van der Waals surface area (Å²) in [6.45, 7) is 1.01. The Morgan fingerprint density at radius 1 is 1.38 bits per heavy atom. The summed E-state index contributed by atoms with van der Waals surface area (Å²) >= 11 is 0. The molecule has 2 aliphatic rings. The summed E-state index contributed by atoms with van der Waals surface area (Å²) in [7, 11) is 1.59. The molecule has 2 fully saturated rings. The highest BCUT2D eigenvalue weighted by atomic mass is 16.5. The van der Waals surface area contributed by atoms with Gasteiger partial charge in [0, 0.05) is 19.6 Å². The Kier molecular flexibility index (Phi) is 3.98. The van der Waals surface area contributed by atoms with Gasteiger partial charge in [-0.3, -0.25) is 4.79 Å². The maximum absolute atomic E-state index is 11.8. The first-order chi connectivity index (χ1) is 7.76. The van der Waals surface area contributed by atoms with Crippen molar-refractivity contribution < 1.29 is 14.3 Å². The zero-order valence-corrected chi connectivity index (χ0v) is 10.2. The van der Waals surface area contributed by atoms with E-state index in [1.165, 1.54) is 19.3 Å². The van der Waals surface area contributed by atoms with Gasteiger partial charge in [-0.25, -0.2) is 0 Å². The molecule has 1 aliphatic heterocycles. The van der Waals surface area contributed by atoms with Gasteiger partial charge in [0.05, 0.1) is 5.60 Å². The molecule has 1 aliphatic carbocycles. The Morgan fingerprint density at radius 2 is 2.12 bits per heavy atom. The number of methoxy groups -OCH3 is 1. The highest BCUT2D eigenvalue weighted by Crippen LogP contribution is 2.40. The fourth-order valence-corrected chi connectivity index (χ4v) is 3.11. The lowest BCUT2D eigenvalue weighted by atomic mass is 9.75. The van der Waals surface area contributed by atoms with Gasteiger partial charge in [0.25, 0.3) is 0 Å². The summed E-state index contributed by atoms with van der Waals surface area (Å²) < 4.78 is 10.9. The minimum Gasteiger partial charge on any atom is -0.377 e. The van der Waals surface area contributed by atoms with Gasteiger partial charge in [0.2, 0.25) is 0 Å². The maximum atomic E-state index is 11.8. The van der Waals surface area contributed by atoms with Gasteiger partial charge in [-0.1, -0.05) is 19.3 Å². The minimum atomic E-state index is 0.0323. The Balaban J connectivity index is 1.94. The van der Waals surface area contributed by atoms with Gasteiger partial charge in [0.15, 0.2) is 5.78 Å². The number of carbonyl (C=O) groups is 1. The molecular formula is C13H22O3. The van der Waals surface area contributed by atoms with Gasteiger partial charge >= 0.3 is 0 Å². The van der Waals surface area contributed by atoms with E-state index in [0.717, 1.165) is 32.3 Å². The lowest BCUT2D eigenvalue weighted by Gasteiger charge is -2.43. The smallest absolute Gasteiger partial charge is 0.161 e. The molecule has 0 aromatic carbocycles. The van der Waals surface area contributed by atoms with Crippen molar-refractivity contribution in [2.75, 3.05) is 20.3 Å². The molecule has 3 nitrogen and oxygen atoms in total. The number of hydrogen-bond acceptors (Lipinski definition) is 3. The van der Waals surface area contributed by atoms with Crippen LogP contribution in [-0.4, -0.2) is 31.7 Å². The average Bonchev–Trinajstić information content (AvgIpc) is 2.30. The van der Waals surface area contributed by atoms with Crippen LogP contribution >= 0.6 is 0 Å². The lowest BCUT2D eigenvalue weighted by Crippen LogP contribution is -2.43. The Morgan fingerprint density at radius 3 is 2.81 bits per heavy atom. The monoisotopic (exact) mass is 226 g/mol. The number of ether oxygens (including phenoxy) is 2. The van der Waals surface area contributed by atoms with Gasteiger partial charge in [-0.2, -0.15) is 0 Å². The first-order valence-corrected chi connectivity index (χ1v) is 6.41. The van der Waals surface area contributed by atoms with Crippen LogP contribution in [0.5, 0.6) is 0 Å². The fourth-order valence-electron chi connectivity index (χ4n) is 3.11. The molecule has 1 spiro atoms. The first-order valence-electron chi connectivity index (χ1n) is 6.41. The average molecular weight is 226 g/mol. The largest absolute Gasteiger partial charge is 0.377 e. The molecule has 1 heterocycles. The van der Waals surface area contributed by atoms with E-state index in [4.69, 9.17) is 9.47 Å². The molecule has 0 aromatic rings. The van der Waals surface area contributed by atoms with E-state index in [2.05, 4.69) is 0 Å². The summed E-state index contributed by atoms with van der Waals surface area (Å²) in [4.78, 5) is 11.8. The van der Waals surface area contributed by atoms with Crippen LogP contribution in [0.15, 0.2) is 0 Å². The number of ketones is 1. The van der Waals surface area contributed by atoms with Gasteiger partial charge in [0.1, 0.15) is 6.61 Å². The summed E-state index contributed by atoms with van der Waals surface area (Å²) in [6, 6.07) is 0. The summed E-state index contributed by atoms with van der Waals surface area (Å²) in [5, 5.41) is 0. The van der Waals surface area contributed by atoms with Crippen LogP contribution in [0.3, 0.4) is 0 Å². The number of hydrogen-bond donors (Lipinski definition) is 0. The van der Waals surface area contributed by atoms with Crippen molar-refractivity contribution in [3.8, 4) is 0 Å². The van der Waals surface area contributed by atoms with E-state index in [1.807, 2.05) is 0 Å². The topological polar surface area (TPSA) is 35.5 Å². The van der Waals surface area contributed by atoms with Crippen LogP contribution in [0.25, 0.3) is 0 Å². The SMILES string of the molecule is COCC(=O)C1CCOC2(CCCCC2)C1. The first kappa shape index (κ1) is 12.1. The Labute approximate surface area is 97.5 Å². The zero-order valence-electron chi connectivity index (χ0n) is 10.2. The molecule has 1 saturated heterocycles. The molecule has 1 unspecified atom stereocenters. The highest BCUT2D eigenvalue weighted by Gasteiger charge is 2.40. The van der Waals surface area contributed by atoms with Crippen LogP contribution in [0, 0.1) is 5.92 Å². The summed E-state index contributed by atoms with van der Waals surface area (Å²) in [5.41, 5.74) is 0.0323. The van der Waals surface area contributed by atoms with Crippen LogP contribution in [0.1, 0.15) is 44.9 Å². The second-order valence-electron chi connectivity index (χ2n) is 5.18. The second kappa shape index (κ2) is 5.28. The van der Waals surface area contributed by atoms with Gasteiger partial charge in [-0.05, 0) is 25.7 Å². The lowest BCUT2D eigenvalue weighted by molar-refractivity contribution is -0.145. The maximum Gasteiger partial charge on any atom is 0.161 e. The molecule has 0 radical (unpaired) electrons. The normalized spacial score (nSPS) is 29.2. The predicted octanol–water partition coefficient (Wildman–Crippen LogP) is 2.33. The third kappa shape index (κ3) is 2.64. The number of Topliss-reactive ketones (excluding diaryl/α,β-unsaturated/α-hetero) is 1. The summed E-state index contributed by atoms with van der Waals surface area (Å²) in [5.74, 6) is 0.433. The van der Waals surface area contributed by atoms with Crippen molar-refractivity contribution in [1.29, 1.82) is 0 Å². The zero-order chi connectivity index (χ0) is 11.4. The van der Waals surface area contributed by atoms with E-state index >= 15 is 0 Å². The molecule has 0 bridgehead atoms. The number of rotatable bonds is 3. The second-order valence-corrected chi connectivity index (χ2v) is 5.18. The van der Waals surface area contributed by atoms with Crippen molar-refractivity contribution >= 4 is 5.78 Å². The molecular weight excluding hydrogens is 204 g/mol. The van der Waals surface area contributed by atoms with E-state index in [0.29, 0.717) is 0 Å². The summed E-state index contributed by atoms with van der Waals surface area (Å²) in [6.07, 6.45) is 7.92. The van der Waals surface area contributed by atoms with Gasteiger partial charge in [-0.15, -0.1) is 0 Å². The quantitative estimate of drug-likeness (QED) is 0.741. The van der Waals surface area contributed by atoms with Crippen LogP contribution in [0.4, 0.5) is 0 Å². The van der Waals surface area contributed by atoms with Gasteiger partial charge < -0.3 is 9.47 Å². The van der Waals surface area contributed by atoms with Crippen molar-refractivity contribution in [2.45, 2.75) is 50.5 Å². The van der Waals surface area contributed by atoms with Crippen molar-refractivity contribution in [2.24, 2.45) is 5.92 Å². The highest BCUT2D eigenvalue weighted by molar-refractivity contribution is 5.82. The third-order valence-electron chi connectivity index (χ3n) is 4.00. The van der Waals surface area contributed by atoms with E-state index in [-0.39, 0.29) is 23.9 Å².